The van der Waals surface area contributed by atoms with Gasteiger partial charge >= 0.3 is 0 Å². The van der Waals surface area contributed by atoms with Crippen LogP contribution >= 0.6 is 0 Å². The van der Waals surface area contributed by atoms with Crippen LogP contribution in [0.25, 0.3) is 99.1 Å². The Hall–Kier alpha value is -6.70. The van der Waals surface area contributed by atoms with Crippen LogP contribution in [0, 0.1) is 0 Å². The van der Waals surface area contributed by atoms with Crippen LogP contribution in [0.2, 0.25) is 0 Å². The van der Waals surface area contributed by atoms with E-state index in [4.69, 9.17) is 11.3 Å². The van der Waals surface area contributed by atoms with E-state index in [1.165, 1.54) is 16.7 Å². The van der Waals surface area contributed by atoms with Gasteiger partial charge in [0, 0.05) is 10.8 Å². The zero-order chi connectivity index (χ0) is 38.1. The molecule has 10 aromatic rings. The van der Waals surface area contributed by atoms with Gasteiger partial charge in [-0.2, -0.15) is 0 Å². The number of hydrogen-bond donors (Lipinski definition) is 0. The van der Waals surface area contributed by atoms with Gasteiger partial charge in [-0.25, -0.2) is 0 Å². The second kappa shape index (κ2) is 12.0. The average Bonchev–Trinajstić information content (AvgIpc) is 3.64. The average molecular weight is 654 g/mol. The highest BCUT2D eigenvalue weighted by Crippen LogP contribution is 2.47. The first kappa shape index (κ1) is 24.4. The molecule has 9 aromatic carbocycles. The molecule has 1 heteroatoms. The van der Waals surface area contributed by atoms with E-state index in [1.807, 2.05) is 54.6 Å². The Bertz CT molecular complexity index is 3110. The molecule has 0 aliphatic rings. The van der Waals surface area contributed by atoms with E-state index in [0.717, 1.165) is 71.3 Å². The van der Waals surface area contributed by atoms with Gasteiger partial charge in [0.1, 0.15) is 11.2 Å². The Kier molecular flexibility index (Phi) is 5.76. The second-order valence-electron chi connectivity index (χ2n) is 12.8. The van der Waals surface area contributed by atoms with Crippen molar-refractivity contribution in [2.24, 2.45) is 0 Å². The van der Waals surface area contributed by atoms with E-state index in [9.17, 15) is 0 Å². The predicted octanol–water partition coefficient (Wildman–Crippen LogP) is 14.2. The fourth-order valence-electron chi connectivity index (χ4n) is 7.75. The van der Waals surface area contributed by atoms with Crippen LogP contribution in [0.15, 0.2) is 198 Å². The smallest absolute Gasteiger partial charge is 0.136 e. The summed E-state index contributed by atoms with van der Waals surface area (Å²) in [5.41, 5.74) is 11.2. The molecule has 0 fully saturated rings. The van der Waals surface area contributed by atoms with Gasteiger partial charge in [0.05, 0.1) is 6.85 Å². The number of furan rings is 1. The summed E-state index contributed by atoms with van der Waals surface area (Å²) in [6.45, 7) is 0. The van der Waals surface area contributed by atoms with Crippen LogP contribution < -0.4 is 0 Å². The zero-order valence-corrected chi connectivity index (χ0v) is 27.5. The lowest BCUT2D eigenvalue weighted by Gasteiger charge is -2.18. The Morgan fingerprint density at radius 2 is 0.882 bits per heavy atom. The SMILES string of the molecule is [2H]c1c([2H])c([2H])c(-c2c3ccccc3c(-c3cccc4oc5cc(-c6cccc(-c7ccccc7-c7ccccc7)c6)ccc5c34)c3ccccc23)c([2H])c1[2H]. The monoisotopic (exact) mass is 653 g/mol. The number of fused-ring (bicyclic) bond motifs is 5. The highest BCUT2D eigenvalue weighted by atomic mass is 16.3. The first-order valence-electron chi connectivity index (χ1n) is 19.6. The molecule has 0 saturated carbocycles. The molecular weight excluding hydrogens is 617 g/mol. The van der Waals surface area contributed by atoms with Crippen molar-refractivity contribution in [2.45, 2.75) is 0 Å². The summed E-state index contributed by atoms with van der Waals surface area (Å²) in [4.78, 5) is 0. The number of benzene rings is 9. The van der Waals surface area contributed by atoms with Gasteiger partial charge in [-0.15, -0.1) is 0 Å². The molecule has 51 heavy (non-hydrogen) atoms. The lowest BCUT2D eigenvalue weighted by Crippen LogP contribution is -1.91. The lowest BCUT2D eigenvalue weighted by atomic mass is 9.85. The minimum Gasteiger partial charge on any atom is -0.456 e. The molecule has 238 valence electrons. The van der Waals surface area contributed by atoms with Gasteiger partial charge in [-0.05, 0) is 101 Å². The molecule has 0 radical (unpaired) electrons. The van der Waals surface area contributed by atoms with Gasteiger partial charge in [-0.3, -0.25) is 0 Å². The van der Waals surface area contributed by atoms with Crippen molar-refractivity contribution in [3.63, 3.8) is 0 Å². The summed E-state index contributed by atoms with van der Waals surface area (Å²) >= 11 is 0. The first-order valence-corrected chi connectivity index (χ1v) is 17.1. The fraction of sp³-hybridized carbons (Fsp3) is 0. The molecule has 1 nitrogen and oxygen atoms in total. The van der Waals surface area contributed by atoms with Crippen LogP contribution in [-0.2, 0) is 0 Å². The molecule has 0 aliphatic carbocycles. The van der Waals surface area contributed by atoms with Crippen LogP contribution in [0.3, 0.4) is 0 Å². The maximum Gasteiger partial charge on any atom is 0.136 e. The Balaban J connectivity index is 1.16. The van der Waals surface area contributed by atoms with Gasteiger partial charge in [0.25, 0.3) is 0 Å². The van der Waals surface area contributed by atoms with Gasteiger partial charge in [0.2, 0.25) is 0 Å². The molecule has 1 aromatic heterocycles. The largest absolute Gasteiger partial charge is 0.456 e. The molecule has 1 heterocycles. The van der Waals surface area contributed by atoms with E-state index in [0.29, 0.717) is 5.56 Å². The molecule has 0 spiro atoms. The fourth-order valence-corrected chi connectivity index (χ4v) is 7.75. The maximum atomic E-state index is 8.91. The van der Waals surface area contributed by atoms with Crippen molar-refractivity contribution >= 4 is 43.5 Å². The molecule has 0 aliphatic heterocycles. The summed E-state index contributed by atoms with van der Waals surface area (Å²) < 4.78 is 49.6. The summed E-state index contributed by atoms with van der Waals surface area (Å²) in [6, 6.07) is 54.6. The van der Waals surface area contributed by atoms with Crippen LogP contribution in [0.4, 0.5) is 0 Å². The van der Waals surface area contributed by atoms with Crippen molar-refractivity contribution < 1.29 is 11.3 Å². The molecule has 10 rings (SSSR count). The summed E-state index contributed by atoms with van der Waals surface area (Å²) in [7, 11) is 0. The Morgan fingerprint density at radius 1 is 0.333 bits per heavy atom. The maximum absolute atomic E-state index is 8.91. The van der Waals surface area contributed by atoms with E-state index in [-0.39, 0.29) is 29.7 Å². The lowest BCUT2D eigenvalue weighted by molar-refractivity contribution is 0.669. The van der Waals surface area contributed by atoms with Crippen molar-refractivity contribution in [1.82, 2.24) is 0 Å². The molecule has 0 atom stereocenters. The summed E-state index contributed by atoms with van der Waals surface area (Å²) in [5.74, 6) is 0. The predicted molar refractivity (Wildman–Crippen MR) is 216 cm³/mol. The number of rotatable bonds is 5. The van der Waals surface area contributed by atoms with Crippen molar-refractivity contribution in [1.29, 1.82) is 0 Å². The number of hydrogen-bond acceptors (Lipinski definition) is 1. The standard InChI is InChI=1S/C50H32O/c1-3-15-33(16-4-1)38-21-7-8-22-39(38)37-20-13-19-35(31-37)36-29-30-44-47(32-36)51-46-28-14-27-45(50(44)46)49-42-25-11-9-23-40(42)48(34-17-5-2-6-18-34)41-24-10-12-26-43(41)49/h1-32H/i2D,5D,6D,17D,18D. The normalized spacial score (nSPS) is 12.9. The minimum absolute atomic E-state index is 0.196. The topological polar surface area (TPSA) is 13.1 Å². The van der Waals surface area contributed by atoms with Gasteiger partial charge < -0.3 is 4.42 Å². The molecular formula is C50H32O. The first-order chi connectivity index (χ1) is 27.4. The molecule has 0 unspecified atom stereocenters. The van der Waals surface area contributed by atoms with Crippen molar-refractivity contribution in [3.8, 4) is 55.6 Å². The molecule has 0 saturated heterocycles. The van der Waals surface area contributed by atoms with Crippen LogP contribution in [0.5, 0.6) is 0 Å². The van der Waals surface area contributed by atoms with E-state index >= 15 is 0 Å². The van der Waals surface area contributed by atoms with Crippen LogP contribution in [-0.4, -0.2) is 0 Å². The molecule has 0 amide bonds. The van der Waals surface area contributed by atoms with Crippen LogP contribution in [0.1, 0.15) is 6.85 Å². The van der Waals surface area contributed by atoms with Crippen molar-refractivity contribution in [3.05, 3.63) is 194 Å². The van der Waals surface area contributed by atoms with Gasteiger partial charge in [-0.1, -0.05) is 170 Å². The molecule has 0 N–H and O–H groups in total. The zero-order valence-electron chi connectivity index (χ0n) is 32.5. The Labute approximate surface area is 303 Å². The molecule has 0 bridgehead atoms. The Morgan fingerprint density at radius 3 is 1.61 bits per heavy atom. The second-order valence-corrected chi connectivity index (χ2v) is 12.8. The summed E-state index contributed by atoms with van der Waals surface area (Å²) in [5, 5.41) is 5.43. The van der Waals surface area contributed by atoms with E-state index in [1.54, 1.807) is 0 Å². The quantitative estimate of drug-likeness (QED) is 0.169. The van der Waals surface area contributed by atoms with E-state index in [2.05, 4.69) is 109 Å². The highest BCUT2D eigenvalue weighted by Gasteiger charge is 2.20. The van der Waals surface area contributed by atoms with E-state index < -0.39 is 6.04 Å². The third-order valence-electron chi connectivity index (χ3n) is 9.97. The third kappa shape index (κ3) is 4.86. The van der Waals surface area contributed by atoms with Crippen molar-refractivity contribution in [2.75, 3.05) is 0 Å². The third-order valence-corrected chi connectivity index (χ3v) is 9.97. The minimum atomic E-state index is -0.406. The summed E-state index contributed by atoms with van der Waals surface area (Å²) in [6.07, 6.45) is 0. The van der Waals surface area contributed by atoms with Gasteiger partial charge in [0.15, 0.2) is 0 Å². The highest BCUT2D eigenvalue weighted by molar-refractivity contribution is 6.25.